The third kappa shape index (κ3) is 2.33. The van der Waals surface area contributed by atoms with E-state index >= 15 is 0 Å². The standard InChI is InChI=1S/C10H18O/c1-8-3-4-10(5-6-11)9(2)7-8/h3,9-11H,4-7H2,1-2H3. The van der Waals surface area contributed by atoms with E-state index in [1.165, 1.54) is 18.4 Å². The molecule has 0 heterocycles. The van der Waals surface area contributed by atoms with Crippen molar-refractivity contribution in [2.45, 2.75) is 33.1 Å². The van der Waals surface area contributed by atoms with Crippen molar-refractivity contribution in [1.82, 2.24) is 0 Å². The first-order valence-corrected chi connectivity index (χ1v) is 4.50. The lowest BCUT2D eigenvalue weighted by Crippen LogP contribution is -2.16. The minimum absolute atomic E-state index is 0.349. The smallest absolute Gasteiger partial charge is 0.0433 e. The van der Waals surface area contributed by atoms with Crippen molar-refractivity contribution in [2.24, 2.45) is 11.8 Å². The van der Waals surface area contributed by atoms with Crippen molar-refractivity contribution < 1.29 is 5.11 Å². The predicted octanol–water partition coefficient (Wildman–Crippen LogP) is 2.36. The van der Waals surface area contributed by atoms with Crippen molar-refractivity contribution >= 4 is 0 Å². The zero-order chi connectivity index (χ0) is 8.27. The summed E-state index contributed by atoms with van der Waals surface area (Å²) in [6.45, 7) is 4.84. The second kappa shape index (κ2) is 3.91. The van der Waals surface area contributed by atoms with E-state index in [9.17, 15) is 0 Å². The highest BCUT2D eigenvalue weighted by atomic mass is 16.3. The first kappa shape index (κ1) is 8.79. The van der Waals surface area contributed by atoms with Crippen LogP contribution in [0.1, 0.15) is 33.1 Å². The normalized spacial score (nSPS) is 31.7. The molecule has 0 aromatic heterocycles. The molecule has 2 unspecified atom stereocenters. The molecular formula is C10H18O. The molecule has 1 aliphatic rings. The molecule has 2 atom stereocenters. The topological polar surface area (TPSA) is 20.2 Å². The summed E-state index contributed by atoms with van der Waals surface area (Å²) >= 11 is 0. The van der Waals surface area contributed by atoms with Crippen LogP contribution < -0.4 is 0 Å². The summed E-state index contributed by atoms with van der Waals surface area (Å²) in [5.74, 6) is 1.50. The van der Waals surface area contributed by atoms with Crippen LogP contribution in [0.5, 0.6) is 0 Å². The van der Waals surface area contributed by atoms with Gasteiger partial charge in [0, 0.05) is 6.61 Å². The molecule has 64 valence electrons. The van der Waals surface area contributed by atoms with E-state index in [2.05, 4.69) is 19.9 Å². The molecule has 0 aliphatic heterocycles. The Morgan fingerprint density at radius 2 is 2.36 bits per heavy atom. The van der Waals surface area contributed by atoms with Crippen molar-refractivity contribution in [3.63, 3.8) is 0 Å². The number of aliphatic hydroxyl groups excluding tert-OH is 1. The SMILES string of the molecule is CC1=CCC(CCO)C(C)C1. The van der Waals surface area contributed by atoms with Gasteiger partial charge in [-0.1, -0.05) is 18.6 Å². The van der Waals surface area contributed by atoms with Gasteiger partial charge >= 0.3 is 0 Å². The first-order chi connectivity index (χ1) is 5.24. The number of allylic oxidation sites excluding steroid dienone is 2. The maximum atomic E-state index is 8.78. The van der Waals surface area contributed by atoms with Gasteiger partial charge < -0.3 is 5.11 Å². The van der Waals surface area contributed by atoms with Crippen molar-refractivity contribution in [3.8, 4) is 0 Å². The van der Waals surface area contributed by atoms with Crippen LogP contribution in [0.25, 0.3) is 0 Å². The number of aliphatic hydroxyl groups is 1. The van der Waals surface area contributed by atoms with Gasteiger partial charge in [0.1, 0.15) is 0 Å². The van der Waals surface area contributed by atoms with Gasteiger partial charge in [0.05, 0.1) is 0 Å². The lowest BCUT2D eigenvalue weighted by molar-refractivity contribution is 0.220. The number of rotatable bonds is 2. The fourth-order valence-corrected chi connectivity index (χ4v) is 1.91. The molecule has 1 aliphatic carbocycles. The van der Waals surface area contributed by atoms with Gasteiger partial charge in [0.25, 0.3) is 0 Å². The largest absolute Gasteiger partial charge is 0.396 e. The third-order valence-corrected chi connectivity index (χ3v) is 2.72. The molecule has 0 amide bonds. The molecule has 0 fully saturated rings. The molecule has 1 rings (SSSR count). The lowest BCUT2D eigenvalue weighted by Gasteiger charge is -2.26. The monoisotopic (exact) mass is 154 g/mol. The van der Waals surface area contributed by atoms with Crippen LogP contribution in [0.15, 0.2) is 11.6 Å². The maximum absolute atomic E-state index is 8.78. The van der Waals surface area contributed by atoms with Crippen LogP contribution in [0.4, 0.5) is 0 Å². The zero-order valence-corrected chi connectivity index (χ0v) is 7.51. The van der Waals surface area contributed by atoms with E-state index in [1.807, 2.05) is 0 Å². The molecule has 0 spiro atoms. The lowest BCUT2D eigenvalue weighted by atomic mass is 9.80. The van der Waals surface area contributed by atoms with E-state index in [1.54, 1.807) is 0 Å². The molecule has 0 aromatic carbocycles. The number of hydrogen-bond acceptors (Lipinski definition) is 1. The fourth-order valence-electron chi connectivity index (χ4n) is 1.91. The second-order valence-corrected chi connectivity index (χ2v) is 3.74. The fraction of sp³-hybridized carbons (Fsp3) is 0.800. The Bertz CT molecular complexity index is 149. The van der Waals surface area contributed by atoms with Crippen molar-refractivity contribution in [1.29, 1.82) is 0 Å². The molecule has 1 nitrogen and oxygen atoms in total. The van der Waals surface area contributed by atoms with Crippen LogP contribution >= 0.6 is 0 Å². The Hall–Kier alpha value is -0.300. The van der Waals surface area contributed by atoms with Gasteiger partial charge in [0.15, 0.2) is 0 Å². The Morgan fingerprint density at radius 1 is 1.64 bits per heavy atom. The molecule has 1 heteroatoms. The summed E-state index contributed by atoms with van der Waals surface area (Å²) in [5.41, 5.74) is 1.52. The molecule has 0 aromatic rings. The first-order valence-electron chi connectivity index (χ1n) is 4.50. The minimum atomic E-state index is 0.349. The molecular weight excluding hydrogens is 136 g/mol. The summed E-state index contributed by atoms with van der Waals surface area (Å²) in [7, 11) is 0. The summed E-state index contributed by atoms with van der Waals surface area (Å²) in [6, 6.07) is 0. The Kier molecular flexibility index (Phi) is 3.13. The van der Waals surface area contributed by atoms with Gasteiger partial charge in [-0.2, -0.15) is 0 Å². The van der Waals surface area contributed by atoms with Gasteiger partial charge in [-0.3, -0.25) is 0 Å². The van der Waals surface area contributed by atoms with E-state index < -0.39 is 0 Å². The summed E-state index contributed by atoms with van der Waals surface area (Å²) in [4.78, 5) is 0. The van der Waals surface area contributed by atoms with E-state index in [4.69, 9.17) is 5.11 Å². The van der Waals surface area contributed by atoms with E-state index in [0.717, 1.165) is 18.3 Å². The zero-order valence-electron chi connectivity index (χ0n) is 7.51. The maximum Gasteiger partial charge on any atom is 0.0433 e. The average Bonchev–Trinajstić information content (AvgIpc) is 1.95. The molecule has 0 saturated heterocycles. The highest BCUT2D eigenvalue weighted by Gasteiger charge is 2.19. The summed E-state index contributed by atoms with van der Waals surface area (Å²) in [6.07, 6.45) is 5.70. The van der Waals surface area contributed by atoms with Crippen molar-refractivity contribution in [3.05, 3.63) is 11.6 Å². The van der Waals surface area contributed by atoms with Gasteiger partial charge in [-0.15, -0.1) is 0 Å². The Morgan fingerprint density at radius 3 is 2.91 bits per heavy atom. The summed E-state index contributed by atoms with van der Waals surface area (Å²) in [5, 5.41) is 8.78. The molecule has 0 saturated carbocycles. The minimum Gasteiger partial charge on any atom is -0.396 e. The number of hydrogen-bond donors (Lipinski definition) is 1. The highest BCUT2D eigenvalue weighted by Crippen LogP contribution is 2.30. The molecule has 11 heavy (non-hydrogen) atoms. The predicted molar refractivity (Wildman–Crippen MR) is 47.3 cm³/mol. The van der Waals surface area contributed by atoms with Gasteiger partial charge in [-0.25, -0.2) is 0 Å². The van der Waals surface area contributed by atoms with Crippen LogP contribution in [-0.2, 0) is 0 Å². The van der Waals surface area contributed by atoms with E-state index in [-0.39, 0.29) is 0 Å². The summed E-state index contributed by atoms with van der Waals surface area (Å²) < 4.78 is 0. The molecule has 0 bridgehead atoms. The highest BCUT2D eigenvalue weighted by molar-refractivity contribution is 5.04. The molecule has 0 radical (unpaired) electrons. The van der Waals surface area contributed by atoms with Gasteiger partial charge in [-0.05, 0) is 38.0 Å². The molecule has 1 N–H and O–H groups in total. The van der Waals surface area contributed by atoms with Crippen molar-refractivity contribution in [2.75, 3.05) is 6.61 Å². The van der Waals surface area contributed by atoms with Crippen LogP contribution in [0.3, 0.4) is 0 Å². The van der Waals surface area contributed by atoms with E-state index in [0.29, 0.717) is 6.61 Å². The Labute approximate surface area is 69.1 Å². The van der Waals surface area contributed by atoms with Crippen LogP contribution in [-0.4, -0.2) is 11.7 Å². The third-order valence-electron chi connectivity index (χ3n) is 2.72. The van der Waals surface area contributed by atoms with Crippen LogP contribution in [0.2, 0.25) is 0 Å². The second-order valence-electron chi connectivity index (χ2n) is 3.74. The Balaban J connectivity index is 2.44. The average molecular weight is 154 g/mol. The van der Waals surface area contributed by atoms with Crippen LogP contribution in [0, 0.1) is 11.8 Å². The van der Waals surface area contributed by atoms with Gasteiger partial charge in [0.2, 0.25) is 0 Å². The quantitative estimate of drug-likeness (QED) is 0.605.